The summed E-state index contributed by atoms with van der Waals surface area (Å²) < 4.78 is 4.44. The first kappa shape index (κ1) is 48.5. The van der Waals surface area contributed by atoms with Crippen LogP contribution in [0.15, 0.2) is 18.7 Å². The minimum Gasteiger partial charge on any atom is -1.00 e. The van der Waals surface area contributed by atoms with Crippen LogP contribution in [0.5, 0.6) is 0 Å². The molecule has 0 N–H and O–H groups in total. The van der Waals surface area contributed by atoms with Crippen molar-refractivity contribution in [2.75, 3.05) is 0 Å². The molecule has 1 rings (SSSR count). The summed E-state index contributed by atoms with van der Waals surface area (Å²) in [5, 5.41) is 0. The van der Waals surface area contributed by atoms with E-state index in [9.17, 15) is 0 Å². The molecule has 0 aliphatic heterocycles. The van der Waals surface area contributed by atoms with Gasteiger partial charge in [0.1, 0.15) is 12.4 Å². The van der Waals surface area contributed by atoms with E-state index < -0.39 is 0 Å². The number of unbranched alkanes of at least 4 members (excludes halogenated alkanes) is 39. The molecule has 2 nitrogen and oxygen atoms in total. The molecule has 0 amide bonds. The molecule has 49 heavy (non-hydrogen) atoms. The van der Waals surface area contributed by atoms with Gasteiger partial charge in [-0.15, -0.1) is 0 Å². The van der Waals surface area contributed by atoms with Crippen molar-refractivity contribution < 1.29 is 17.0 Å². The number of aryl methyl sites for hydroxylation is 2. The molecule has 0 saturated carbocycles. The van der Waals surface area contributed by atoms with E-state index >= 15 is 0 Å². The van der Waals surface area contributed by atoms with Crippen LogP contribution in [-0.4, -0.2) is 4.57 Å². The summed E-state index contributed by atoms with van der Waals surface area (Å²) in [7, 11) is 2.10. The Labute approximate surface area is 316 Å². The summed E-state index contributed by atoms with van der Waals surface area (Å²) in [5.41, 5.74) is 0. The highest BCUT2D eigenvalue weighted by Gasteiger charge is 2.00. The van der Waals surface area contributed by atoms with Crippen LogP contribution in [0.3, 0.4) is 0 Å². The Bertz CT molecular complexity index is 716. The van der Waals surface area contributed by atoms with E-state index in [1.807, 2.05) is 0 Å². The number of halogens is 1. The van der Waals surface area contributed by atoms with Crippen LogP contribution in [-0.2, 0) is 13.6 Å². The van der Waals surface area contributed by atoms with Gasteiger partial charge in [-0.1, -0.05) is 251 Å². The Morgan fingerprint density at radius 2 is 0.531 bits per heavy atom. The average Bonchev–Trinajstić information content (AvgIpc) is 3.52. The summed E-state index contributed by atoms with van der Waals surface area (Å²) in [6.07, 6.45) is 65.5. The summed E-state index contributed by atoms with van der Waals surface area (Å²) in [4.78, 5) is 0. The van der Waals surface area contributed by atoms with E-state index in [1.54, 1.807) is 0 Å². The molecule has 3 heteroatoms. The van der Waals surface area contributed by atoms with Crippen LogP contribution in [0.1, 0.15) is 264 Å². The van der Waals surface area contributed by atoms with Crippen LogP contribution in [0.2, 0.25) is 0 Å². The molecular formula is C46H91ClN2. The first-order valence-electron chi connectivity index (χ1n) is 22.8. The zero-order valence-electron chi connectivity index (χ0n) is 34.0. The van der Waals surface area contributed by atoms with Gasteiger partial charge >= 0.3 is 0 Å². The van der Waals surface area contributed by atoms with Crippen molar-refractivity contribution in [3.63, 3.8) is 0 Å². The van der Waals surface area contributed by atoms with E-state index in [1.165, 1.54) is 263 Å². The van der Waals surface area contributed by atoms with Gasteiger partial charge in [-0.2, -0.15) is 0 Å². The second-order valence-electron chi connectivity index (χ2n) is 16.1. The zero-order valence-corrected chi connectivity index (χ0v) is 34.8. The molecule has 0 saturated heterocycles. The van der Waals surface area contributed by atoms with Crippen molar-refractivity contribution in [1.29, 1.82) is 0 Å². The lowest BCUT2D eigenvalue weighted by Gasteiger charge is -2.05. The average molecular weight is 708 g/mol. The molecule has 0 aromatic carbocycles. The standard InChI is InChI=1S/C46H91N2.ClH/c1-3-4-5-6-7-8-9-10-11-12-13-14-15-16-17-18-19-20-21-22-23-24-25-26-27-28-29-30-31-32-33-34-35-36-37-38-39-40-41-42-43-48-45-44-47(2)46-48;/h44-46H,3-43H2,1-2H3;1H/q+1;/p-1. The van der Waals surface area contributed by atoms with Crippen LogP contribution in [0.4, 0.5) is 0 Å². The van der Waals surface area contributed by atoms with Crippen molar-refractivity contribution in [2.24, 2.45) is 7.05 Å². The van der Waals surface area contributed by atoms with Gasteiger partial charge in [-0.3, -0.25) is 0 Å². The molecule has 0 radical (unpaired) electrons. The molecule has 0 bridgehead atoms. The quantitative estimate of drug-likeness (QED) is 0.0473. The first-order valence-corrected chi connectivity index (χ1v) is 22.8. The van der Waals surface area contributed by atoms with E-state index in [-0.39, 0.29) is 12.4 Å². The van der Waals surface area contributed by atoms with Gasteiger partial charge in [-0.05, 0) is 12.8 Å². The van der Waals surface area contributed by atoms with E-state index in [4.69, 9.17) is 0 Å². The second-order valence-corrected chi connectivity index (χ2v) is 16.1. The van der Waals surface area contributed by atoms with Crippen LogP contribution < -0.4 is 17.0 Å². The van der Waals surface area contributed by atoms with Crippen molar-refractivity contribution in [1.82, 2.24) is 4.57 Å². The third-order valence-electron chi connectivity index (χ3n) is 11.1. The van der Waals surface area contributed by atoms with Gasteiger partial charge in [0, 0.05) is 0 Å². The topological polar surface area (TPSA) is 8.81 Å². The fourth-order valence-corrected chi connectivity index (χ4v) is 7.72. The van der Waals surface area contributed by atoms with Gasteiger partial charge in [-0.25, -0.2) is 9.13 Å². The molecule has 1 heterocycles. The van der Waals surface area contributed by atoms with Gasteiger partial charge in [0.15, 0.2) is 0 Å². The Morgan fingerprint density at radius 3 is 0.714 bits per heavy atom. The lowest BCUT2D eigenvalue weighted by Crippen LogP contribution is -3.00. The first-order chi connectivity index (χ1) is 23.8. The fraction of sp³-hybridized carbons (Fsp3) is 0.935. The normalized spacial score (nSPS) is 11.4. The lowest BCUT2D eigenvalue weighted by molar-refractivity contribution is -0.671. The molecule has 1 aromatic rings. The third-order valence-corrected chi connectivity index (χ3v) is 11.1. The highest BCUT2D eigenvalue weighted by molar-refractivity contribution is 4.65. The molecule has 0 atom stereocenters. The number of hydrogen-bond acceptors (Lipinski definition) is 0. The Morgan fingerprint density at radius 1 is 0.327 bits per heavy atom. The highest BCUT2D eigenvalue weighted by Crippen LogP contribution is 2.17. The van der Waals surface area contributed by atoms with Crippen molar-refractivity contribution >= 4 is 0 Å². The van der Waals surface area contributed by atoms with Crippen LogP contribution >= 0.6 is 0 Å². The largest absolute Gasteiger partial charge is 1.00 e. The minimum absolute atomic E-state index is 0. The number of imidazole rings is 1. The molecular weight excluding hydrogens is 616 g/mol. The summed E-state index contributed by atoms with van der Waals surface area (Å²) >= 11 is 0. The monoisotopic (exact) mass is 707 g/mol. The molecule has 0 unspecified atom stereocenters. The van der Waals surface area contributed by atoms with Gasteiger partial charge in [0.25, 0.3) is 0 Å². The summed E-state index contributed by atoms with van der Waals surface area (Å²) in [6.45, 7) is 3.49. The molecule has 0 aliphatic rings. The Balaban J connectivity index is 0.0000230. The minimum atomic E-state index is 0. The predicted octanol–water partition coefficient (Wildman–Crippen LogP) is 12.9. The predicted molar refractivity (Wildman–Crippen MR) is 216 cm³/mol. The molecule has 0 aliphatic carbocycles. The van der Waals surface area contributed by atoms with Crippen molar-refractivity contribution in [3.8, 4) is 0 Å². The van der Waals surface area contributed by atoms with Crippen molar-refractivity contribution in [3.05, 3.63) is 18.7 Å². The van der Waals surface area contributed by atoms with Gasteiger partial charge in [0.2, 0.25) is 6.33 Å². The van der Waals surface area contributed by atoms with Crippen LogP contribution in [0, 0.1) is 0 Å². The van der Waals surface area contributed by atoms with Crippen molar-refractivity contribution in [2.45, 2.75) is 270 Å². The summed E-state index contributed by atoms with van der Waals surface area (Å²) in [6, 6.07) is 0. The molecule has 0 fully saturated rings. The number of aromatic nitrogens is 2. The maximum absolute atomic E-state index is 2.31. The molecule has 1 aromatic heterocycles. The fourth-order valence-electron chi connectivity index (χ4n) is 7.72. The number of hydrogen-bond donors (Lipinski definition) is 0. The van der Waals surface area contributed by atoms with Gasteiger partial charge < -0.3 is 12.4 Å². The Kier molecular flexibility index (Phi) is 41.5. The zero-order chi connectivity index (χ0) is 34.3. The van der Waals surface area contributed by atoms with Gasteiger partial charge in [0.05, 0.1) is 13.6 Å². The summed E-state index contributed by atoms with van der Waals surface area (Å²) in [5.74, 6) is 0. The molecule has 0 spiro atoms. The number of rotatable bonds is 41. The van der Waals surface area contributed by atoms with Crippen LogP contribution in [0.25, 0.3) is 0 Å². The SMILES string of the molecule is CCCCCCCCCCCCCCCCCCCCCCCCCCCCCCCCCCCCCCCCCCn1cc[n+](C)c1.[Cl-]. The third kappa shape index (κ3) is 38.6. The smallest absolute Gasteiger partial charge is 0.243 e. The lowest BCUT2D eigenvalue weighted by atomic mass is 10.0. The maximum atomic E-state index is 2.31. The highest BCUT2D eigenvalue weighted by atomic mass is 35.5. The second kappa shape index (κ2) is 41.9. The van der Waals surface area contributed by atoms with E-state index in [0.717, 1.165) is 0 Å². The number of nitrogens with zero attached hydrogens (tertiary/aromatic N) is 2. The molecule has 292 valence electrons. The van der Waals surface area contributed by atoms with E-state index in [0.29, 0.717) is 0 Å². The van der Waals surface area contributed by atoms with E-state index in [2.05, 4.69) is 41.8 Å². The maximum Gasteiger partial charge on any atom is 0.243 e. The Hall–Kier alpha value is -0.500.